The van der Waals surface area contributed by atoms with Gasteiger partial charge < -0.3 is 9.84 Å². The lowest BCUT2D eigenvalue weighted by Gasteiger charge is -2.09. The molecule has 0 saturated heterocycles. The minimum absolute atomic E-state index is 0.175. The number of aromatic nitrogens is 3. The first-order valence-electron chi connectivity index (χ1n) is 6.99. The van der Waals surface area contributed by atoms with Crippen molar-refractivity contribution < 1.29 is 14.6 Å². The highest BCUT2D eigenvalue weighted by Gasteiger charge is 2.23. The first-order chi connectivity index (χ1) is 11.1. The van der Waals surface area contributed by atoms with Crippen LogP contribution in [-0.4, -0.2) is 33.0 Å². The smallest absolute Gasteiger partial charge is 0.339 e. The molecule has 3 aromatic rings. The summed E-state index contributed by atoms with van der Waals surface area (Å²) in [6.07, 6.45) is 3.27. The van der Waals surface area contributed by atoms with E-state index in [-0.39, 0.29) is 5.56 Å². The number of pyridine rings is 1. The third-order valence-corrected chi connectivity index (χ3v) is 3.53. The zero-order valence-electron chi connectivity index (χ0n) is 12.7. The van der Waals surface area contributed by atoms with Crippen LogP contribution in [0.2, 0.25) is 0 Å². The van der Waals surface area contributed by atoms with Crippen LogP contribution in [0.25, 0.3) is 16.9 Å². The van der Waals surface area contributed by atoms with Crippen LogP contribution in [0, 0.1) is 6.92 Å². The van der Waals surface area contributed by atoms with Crippen molar-refractivity contribution in [1.29, 1.82) is 0 Å². The Kier molecular flexibility index (Phi) is 3.80. The van der Waals surface area contributed by atoms with E-state index in [9.17, 15) is 9.90 Å². The standard InChI is InChI=1S/C17H15N3O3/c1-11-15(17(21)22)16(12-4-3-9-18-10-12)20(19-11)13-5-7-14(23-2)8-6-13/h3-10H,1-2H3,(H,21,22). The summed E-state index contributed by atoms with van der Waals surface area (Å²) < 4.78 is 6.77. The number of hydrogen-bond acceptors (Lipinski definition) is 4. The Morgan fingerprint density at radius 3 is 2.52 bits per heavy atom. The van der Waals surface area contributed by atoms with Crippen molar-refractivity contribution in [3.63, 3.8) is 0 Å². The molecule has 0 amide bonds. The Morgan fingerprint density at radius 1 is 1.22 bits per heavy atom. The molecule has 1 aromatic carbocycles. The molecule has 2 aromatic heterocycles. The molecule has 0 fully saturated rings. The molecule has 2 heterocycles. The number of carbonyl (C=O) groups is 1. The Hall–Kier alpha value is -3.15. The Balaban J connectivity index is 2.24. The van der Waals surface area contributed by atoms with E-state index in [4.69, 9.17) is 4.74 Å². The minimum atomic E-state index is -1.01. The fourth-order valence-corrected chi connectivity index (χ4v) is 2.46. The first-order valence-corrected chi connectivity index (χ1v) is 6.99. The van der Waals surface area contributed by atoms with Crippen LogP contribution in [0.15, 0.2) is 48.8 Å². The summed E-state index contributed by atoms with van der Waals surface area (Å²) in [6, 6.07) is 10.9. The average molecular weight is 309 g/mol. The fraction of sp³-hybridized carbons (Fsp3) is 0.118. The highest BCUT2D eigenvalue weighted by atomic mass is 16.5. The third kappa shape index (κ3) is 2.66. The number of rotatable bonds is 4. The fourth-order valence-electron chi connectivity index (χ4n) is 2.46. The summed E-state index contributed by atoms with van der Waals surface area (Å²) in [5.41, 5.74) is 2.58. The maximum atomic E-state index is 11.7. The van der Waals surface area contributed by atoms with Gasteiger partial charge in [-0.2, -0.15) is 5.10 Å². The minimum Gasteiger partial charge on any atom is -0.497 e. The number of nitrogens with zero attached hydrogens (tertiary/aromatic N) is 3. The van der Waals surface area contributed by atoms with Gasteiger partial charge in [-0.15, -0.1) is 0 Å². The second-order valence-electron chi connectivity index (χ2n) is 4.97. The van der Waals surface area contributed by atoms with E-state index in [2.05, 4.69) is 10.1 Å². The average Bonchev–Trinajstić information content (AvgIpc) is 2.93. The van der Waals surface area contributed by atoms with Crippen molar-refractivity contribution in [3.05, 3.63) is 60.0 Å². The normalized spacial score (nSPS) is 10.5. The van der Waals surface area contributed by atoms with Crippen LogP contribution in [-0.2, 0) is 0 Å². The van der Waals surface area contributed by atoms with Crippen molar-refractivity contribution in [2.24, 2.45) is 0 Å². The number of carboxylic acid groups (broad SMARTS) is 1. The molecule has 0 atom stereocenters. The van der Waals surface area contributed by atoms with Crippen LogP contribution in [0.3, 0.4) is 0 Å². The lowest BCUT2D eigenvalue weighted by Crippen LogP contribution is -2.03. The molecule has 0 aliphatic rings. The van der Waals surface area contributed by atoms with Gasteiger partial charge in [0.2, 0.25) is 0 Å². The maximum absolute atomic E-state index is 11.7. The van der Waals surface area contributed by atoms with Gasteiger partial charge in [0.1, 0.15) is 11.3 Å². The summed E-state index contributed by atoms with van der Waals surface area (Å²) in [5, 5.41) is 14.0. The first kappa shape index (κ1) is 14.8. The van der Waals surface area contributed by atoms with E-state index in [1.165, 1.54) is 0 Å². The Labute approximate surface area is 133 Å². The zero-order valence-corrected chi connectivity index (χ0v) is 12.7. The highest BCUT2D eigenvalue weighted by molar-refractivity contribution is 5.96. The zero-order chi connectivity index (χ0) is 16.4. The van der Waals surface area contributed by atoms with E-state index in [0.29, 0.717) is 17.0 Å². The van der Waals surface area contributed by atoms with Gasteiger partial charge in [-0.05, 0) is 43.3 Å². The quantitative estimate of drug-likeness (QED) is 0.801. The van der Waals surface area contributed by atoms with Gasteiger partial charge in [0.15, 0.2) is 0 Å². The van der Waals surface area contributed by atoms with Crippen LogP contribution < -0.4 is 4.74 Å². The predicted molar refractivity (Wildman–Crippen MR) is 85.0 cm³/mol. The predicted octanol–water partition coefficient (Wildman–Crippen LogP) is 2.95. The highest BCUT2D eigenvalue weighted by Crippen LogP contribution is 2.29. The van der Waals surface area contributed by atoms with E-state index in [1.807, 2.05) is 18.2 Å². The lowest BCUT2D eigenvalue weighted by atomic mass is 10.1. The van der Waals surface area contributed by atoms with Crippen molar-refractivity contribution in [2.45, 2.75) is 6.92 Å². The van der Waals surface area contributed by atoms with Crippen molar-refractivity contribution in [2.75, 3.05) is 7.11 Å². The molecule has 23 heavy (non-hydrogen) atoms. The molecular weight excluding hydrogens is 294 g/mol. The van der Waals surface area contributed by atoms with Gasteiger partial charge in [-0.3, -0.25) is 4.98 Å². The third-order valence-electron chi connectivity index (χ3n) is 3.53. The summed E-state index contributed by atoms with van der Waals surface area (Å²) in [6.45, 7) is 1.68. The Morgan fingerprint density at radius 2 is 1.96 bits per heavy atom. The van der Waals surface area contributed by atoms with Gasteiger partial charge in [-0.1, -0.05) is 0 Å². The molecule has 3 rings (SSSR count). The van der Waals surface area contributed by atoms with Crippen LogP contribution in [0.4, 0.5) is 0 Å². The van der Waals surface area contributed by atoms with E-state index >= 15 is 0 Å². The summed E-state index contributed by atoms with van der Waals surface area (Å²) in [5.74, 6) is -0.292. The molecule has 0 spiro atoms. The van der Waals surface area contributed by atoms with Crippen molar-refractivity contribution in [1.82, 2.24) is 14.8 Å². The Bertz CT molecular complexity index is 840. The van der Waals surface area contributed by atoms with Crippen LogP contribution in [0.1, 0.15) is 16.1 Å². The molecule has 6 heteroatoms. The molecule has 0 aliphatic carbocycles. The summed E-state index contributed by atoms with van der Waals surface area (Å²) in [7, 11) is 1.59. The number of ether oxygens (including phenoxy) is 1. The van der Waals surface area contributed by atoms with Crippen molar-refractivity contribution >= 4 is 5.97 Å². The van der Waals surface area contributed by atoms with Gasteiger partial charge >= 0.3 is 5.97 Å². The number of methoxy groups -OCH3 is 1. The number of benzene rings is 1. The van der Waals surface area contributed by atoms with E-state index < -0.39 is 5.97 Å². The molecule has 0 radical (unpaired) electrons. The molecule has 6 nitrogen and oxygen atoms in total. The number of aromatic carboxylic acids is 1. The molecule has 0 bridgehead atoms. The second-order valence-corrected chi connectivity index (χ2v) is 4.97. The second kappa shape index (κ2) is 5.92. The maximum Gasteiger partial charge on any atom is 0.339 e. The largest absolute Gasteiger partial charge is 0.497 e. The molecule has 0 saturated carbocycles. The van der Waals surface area contributed by atoms with Crippen molar-refractivity contribution in [3.8, 4) is 22.7 Å². The molecule has 0 aliphatic heterocycles. The molecule has 1 N–H and O–H groups in total. The summed E-state index contributed by atoms with van der Waals surface area (Å²) in [4.78, 5) is 15.7. The molecule has 116 valence electrons. The summed E-state index contributed by atoms with van der Waals surface area (Å²) >= 11 is 0. The van der Waals surface area contributed by atoms with Gasteiger partial charge in [0, 0.05) is 18.0 Å². The van der Waals surface area contributed by atoms with Crippen LogP contribution in [0.5, 0.6) is 5.75 Å². The van der Waals surface area contributed by atoms with Gasteiger partial charge in [0.25, 0.3) is 0 Å². The monoisotopic (exact) mass is 309 g/mol. The van der Waals surface area contributed by atoms with E-state index in [0.717, 1.165) is 11.4 Å². The van der Waals surface area contributed by atoms with E-state index in [1.54, 1.807) is 49.3 Å². The molecular formula is C17H15N3O3. The topological polar surface area (TPSA) is 77.2 Å². The number of carboxylic acids is 1. The number of aryl methyl sites for hydroxylation is 1. The number of hydrogen-bond donors (Lipinski definition) is 1. The SMILES string of the molecule is COc1ccc(-n2nc(C)c(C(=O)O)c2-c2cccnc2)cc1. The van der Waals surface area contributed by atoms with Gasteiger partial charge in [-0.25, -0.2) is 9.48 Å². The molecule has 0 unspecified atom stereocenters. The van der Waals surface area contributed by atoms with Gasteiger partial charge in [0.05, 0.1) is 24.2 Å². The van der Waals surface area contributed by atoms with Crippen LogP contribution >= 0.6 is 0 Å². The lowest BCUT2D eigenvalue weighted by molar-refractivity contribution is 0.0697.